The summed E-state index contributed by atoms with van der Waals surface area (Å²) in [6.07, 6.45) is 1.95. The Morgan fingerprint density at radius 2 is 1.95 bits per heavy atom. The first-order valence-electron chi connectivity index (χ1n) is 6.02. The quantitative estimate of drug-likeness (QED) is 0.652. The predicted octanol–water partition coefficient (Wildman–Crippen LogP) is 1.81. The second kappa shape index (κ2) is 6.79. The van der Waals surface area contributed by atoms with Crippen molar-refractivity contribution in [1.82, 2.24) is 0 Å². The Hall–Kier alpha value is -1.50. The van der Waals surface area contributed by atoms with Crippen molar-refractivity contribution in [2.75, 3.05) is 6.26 Å². The lowest BCUT2D eigenvalue weighted by Crippen LogP contribution is -2.34. The van der Waals surface area contributed by atoms with Gasteiger partial charge in [-0.1, -0.05) is 18.2 Å². The molecule has 2 aromatic carbocycles. The summed E-state index contributed by atoms with van der Waals surface area (Å²) in [5, 5.41) is 18.5. The number of ether oxygens (including phenoxy) is 1. The van der Waals surface area contributed by atoms with Crippen LogP contribution in [0.2, 0.25) is 0 Å². The third kappa shape index (κ3) is 3.53. The molecule has 6 heteroatoms. The lowest BCUT2D eigenvalue weighted by Gasteiger charge is -2.12. The fourth-order valence-electron chi connectivity index (χ4n) is 1.83. The fourth-order valence-corrected chi connectivity index (χ4v) is 2.37. The van der Waals surface area contributed by atoms with Crippen molar-refractivity contribution >= 4 is 24.3 Å². The van der Waals surface area contributed by atoms with Gasteiger partial charge in [0.2, 0.25) is 0 Å². The van der Waals surface area contributed by atoms with Gasteiger partial charge in [-0.15, -0.1) is 11.8 Å². The molecule has 0 saturated heterocycles. The molecule has 2 N–H and O–H groups in total. The van der Waals surface area contributed by atoms with Crippen LogP contribution in [0.5, 0.6) is 5.75 Å². The molecular weight excluding hydrogens is 278 g/mol. The van der Waals surface area contributed by atoms with Gasteiger partial charge in [-0.2, -0.15) is 0 Å². The van der Waals surface area contributed by atoms with E-state index in [1.165, 1.54) is 12.1 Å². The van der Waals surface area contributed by atoms with Crippen molar-refractivity contribution in [2.24, 2.45) is 0 Å². The predicted molar refractivity (Wildman–Crippen MR) is 78.8 cm³/mol. The van der Waals surface area contributed by atoms with Gasteiger partial charge in [0.1, 0.15) is 18.2 Å². The average Bonchev–Trinajstić information content (AvgIpc) is 2.46. The minimum absolute atomic E-state index is 0.117. The topological polar surface area (TPSA) is 49.7 Å². The van der Waals surface area contributed by atoms with E-state index < -0.39 is 12.9 Å². The van der Waals surface area contributed by atoms with E-state index in [1.54, 1.807) is 11.8 Å². The summed E-state index contributed by atoms with van der Waals surface area (Å²) in [6.45, 7) is 0.144. The Morgan fingerprint density at radius 3 is 2.65 bits per heavy atom. The monoisotopic (exact) mass is 292 g/mol. The Balaban J connectivity index is 2.19. The van der Waals surface area contributed by atoms with Crippen LogP contribution in [-0.2, 0) is 6.61 Å². The van der Waals surface area contributed by atoms with Gasteiger partial charge in [0.25, 0.3) is 0 Å². The summed E-state index contributed by atoms with van der Waals surface area (Å²) in [5.74, 6) is 0.198. The summed E-state index contributed by atoms with van der Waals surface area (Å²) >= 11 is 1.56. The molecule has 104 valence electrons. The average molecular weight is 292 g/mol. The largest absolute Gasteiger partial charge is 0.488 e. The maximum absolute atomic E-state index is 13.1. The Kier molecular flexibility index (Phi) is 5.06. The zero-order valence-electron chi connectivity index (χ0n) is 10.9. The molecular formula is C14H14BFO3S. The van der Waals surface area contributed by atoms with Gasteiger partial charge in [-0.25, -0.2) is 4.39 Å². The number of halogens is 1. The zero-order valence-corrected chi connectivity index (χ0v) is 11.7. The molecule has 0 aliphatic carbocycles. The van der Waals surface area contributed by atoms with Gasteiger partial charge in [-0.3, -0.25) is 0 Å². The molecule has 2 rings (SSSR count). The van der Waals surface area contributed by atoms with E-state index in [-0.39, 0.29) is 12.1 Å². The fraction of sp³-hybridized carbons (Fsp3) is 0.143. The molecule has 3 nitrogen and oxygen atoms in total. The number of thioether (sulfide) groups is 1. The summed E-state index contributed by atoms with van der Waals surface area (Å²) in [5.41, 5.74) is 0.656. The Bertz CT molecular complexity index is 592. The van der Waals surface area contributed by atoms with Crippen LogP contribution in [0.4, 0.5) is 4.39 Å². The van der Waals surface area contributed by atoms with Gasteiger partial charge < -0.3 is 14.8 Å². The van der Waals surface area contributed by atoms with Gasteiger partial charge in [0.05, 0.1) is 0 Å². The lowest BCUT2D eigenvalue weighted by molar-refractivity contribution is 0.299. The summed E-state index contributed by atoms with van der Waals surface area (Å²) in [4.78, 5) is 0.987. The van der Waals surface area contributed by atoms with Gasteiger partial charge >= 0.3 is 7.12 Å². The smallest absolute Gasteiger partial charge is 0.488 e. The minimum atomic E-state index is -1.72. The van der Waals surface area contributed by atoms with Crippen LogP contribution >= 0.6 is 11.8 Å². The molecule has 0 saturated carbocycles. The summed E-state index contributed by atoms with van der Waals surface area (Å²) in [7, 11) is -1.72. The molecule has 0 radical (unpaired) electrons. The second-order valence-electron chi connectivity index (χ2n) is 4.16. The third-order valence-electron chi connectivity index (χ3n) is 2.84. The number of para-hydroxylation sites is 1. The van der Waals surface area contributed by atoms with Crippen LogP contribution in [0.15, 0.2) is 47.4 Å². The molecule has 20 heavy (non-hydrogen) atoms. The van der Waals surface area contributed by atoms with Gasteiger partial charge in [0.15, 0.2) is 0 Å². The molecule has 0 amide bonds. The Labute approximate surface area is 121 Å². The molecule has 0 spiro atoms. The zero-order chi connectivity index (χ0) is 14.5. The van der Waals surface area contributed by atoms with E-state index in [9.17, 15) is 14.4 Å². The van der Waals surface area contributed by atoms with Crippen LogP contribution in [0.3, 0.4) is 0 Å². The number of rotatable bonds is 5. The van der Waals surface area contributed by atoms with E-state index in [0.717, 1.165) is 11.0 Å². The molecule has 0 heterocycles. The molecule has 0 aliphatic heterocycles. The summed E-state index contributed by atoms with van der Waals surface area (Å²) < 4.78 is 18.8. The van der Waals surface area contributed by atoms with Gasteiger partial charge in [0, 0.05) is 4.90 Å². The standard InChI is InChI=1S/C14H14BFO3S/c1-20-14-5-3-2-4-13(14)19-9-10-6-7-11(16)8-12(10)15(17)18/h2-8,17-18H,9H2,1H3. The third-order valence-corrected chi connectivity index (χ3v) is 3.62. The van der Waals surface area contributed by atoms with Crippen molar-refractivity contribution < 1.29 is 19.2 Å². The highest BCUT2D eigenvalue weighted by Gasteiger charge is 2.17. The van der Waals surface area contributed by atoms with Crippen LogP contribution < -0.4 is 10.2 Å². The van der Waals surface area contributed by atoms with E-state index in [2.05, 4.69) is 0 Å². The maximum atomic E-state index is 13.1. The molecule has 0 unspecified atom stereocenters. The minimum Gasteiger partial charge on any atom is -0.488 e. The molecule has 0 bridgehead atoms. The molecule has 0 aromatic heterocycles. The Morgan fingerprint density at radius 1 is 1.20 bits per heavy atom. The first-order chi connectivity index (χ1) is 9.61. The highest BCUT2D eigenvalue weighted by molar-refractivity contribution is 7.98. The van der Waals surface area contributed by atoms with E-state index in [0.29, 0.717) is 11.3 Å². The summed E-state index contributed by atoms with van der Waals surface area (Å²) in [6, 6.07) is 11.4. The number of benzene rings is 2. The van der Waals surface area contributed by atoms with E-state index >= 15 is 0 Å². The highest BCUT2D eigenvalue weighted by atomic mass is 32.2. The van der Waals surface area contributed by atoms with Crippen LogP contribution in [0.25, 0.3) is 0 Å². The lowest BCUT2D eigenvalue weighted by atomic mass is 9.77. The highest BCUT2D eigenvalue weighted by Crippen LogP contribution is 2.27. The van der Waals surface area contributed by atoms with Crippen molar-refractivity contribution in [1.29, 1.82) is 0 Å². The van der Waals surface area contributed by atoms with Crippen molar-refractivity contribution in [3.05, 3.63) is 53.8 Å². The first kappa shape index (κ1) is 14.9. The van der Waals surface area contributed by atoms with Crippen LogP contribution in [0, 0.1) is 5.82 Å². The number of hydrogen-bond donors (Lipinski definition) is 2. The second-order valence-corrected chi connectivity index (χ2v) is 5.00. The van der Waals surface area contributed by atoms with E-state index in [1.807, 2.05) is 30.5 Å². The van der Waals surface area contributed by atoms with Crippen molar-refractivity contribution in [2.45, 2.75) is 11.5 Å². The van der Waals surface area contributed by atoms with Crippen LogP contribution in [0.1, 0.15) is 5.56 Å². The SMILES string of the molecule is CSc1ccccc1OCc1ccc(F)cc1B(O)O. The molecule has 0 atom stereocenters. The molecule has 0 aliphatic rings. The molecule has 0 fully saturated rings. The van der Waals surface area contributed by atoms with Crippen molar-refractivity contribution in [3.63, 3.8) is 0 Å². The van der Waals surface area contributed by atoms with Crippen LogP contribution in [-0.4, -0.2) is 23.4 Å². The molecule has 2 aromatic rings. The van der Waals surface area contributed by atoms with Gasteiger partial charge in [-0.05, 0) is 41.5 Å². The maximum Gasteiger partial charge on any atom is 0.488 e. The van der Waals surface area contributed by atoms with E-state index in [4.69, 9.17) is 4.74 Å². The number of hydrogen-bond acceptors (Lipinski definition) is 4. The normalized spacial score (nSPS) is 10.4. The van der Waals surface area contributed by atoms with Crippen molar-refractivity contribution in [3.8, 4) is 5.75 Å². The first-order valence-corrected chi connectivity index (χ1v) is 7.24.